The molecule has 32 heavy (non-hydrogen) atoms. The number of phenols is 1. The fourth-order valence-corrected chi connectivity index (χ4v) is 7.16. The standard InChI is InChI=1S/C26H28N2O4/c1-2-11-28-12-10-25-22-17-8-9-20(29)23(22)32-24(25)18(13-16-6-4-3-5-7-16)19(27-31)15-26(25,30)21(28)14-17/h2-9,18,21,24,29-31H,1,10-15H2/t18?,21-,24?,25+,26-/m1/s1. The largest absolute Gasteiger partial charge is 0.504 e. The van der Waals surface area contributed by atoms with E-state index in [4.69, 9.17) is 4.74 Å². The van der Waals surface area contributed by atoms with E-state index in [1.165, 1.54) is 0 Å². The lowest BCUT2D eigenvalue weighted by Gasteiger charge is -2.64. The van der Waals surface area contributed by atoms with Crippen molar-refractivity contribution in [3.8, 4) is 11.5 Å². The zero-order chi connectivity index (χ0) is 22.1. The Balaban J connectivity index is 1.55. The Hall–Kier alpha value is -2.83. The number of aliphatic hydroxyl groups is 1. The molecule has 2 bridgehead atoms. The molecule has 6 heteroatoms. The summed E-state index contributed by atoms with van der Waals surface area (Å²) in [6, 6.07) is 13.7. The molecule has 0 aromatic heterocycles. The van der Waals surface area contributed by atoms with Crippen LogP contribution in [0.2, 0.25) is 0 Å². The van der Waals surface area contributed by atoms with Crippen molar-refractivity contribution in [3.05, 3.63) is 71.8 Å². The second kappa shape index (κ2) is 6.83. The van der Waals surface area contributed by atoms with Crippen molar-refractivity contribution in [2.45, 2.75) is 48.8 Å². The van der Waals surface area contributed by atoms with Crippen LogP contribution in [0.15, 0.2) is 60.3 Å². The number of ether oxygens (including phenoxy) is 1. The van der Waals surface area contributed by atoms with Crippen LogP contribution in [-0.4, -0.2) is 56.9 Å². The predicted octanol–water partition coefficient (Wildman–Crippen LogP) is 3.03. The van der Waals surface area contributed by atoms with Crippen LogP contribution >= 0.6 is 0 Å². The van der Waals surface area contributed by atoms with E-state index in [0.29, 0.717) is 37.3 Å². The molecule has 2 unspecified atom stereocenters. The first-order valence-corrected chi connectivity index (χ1v) is 11.4. The summed E-state index contributed by atoms with van der Waals surface area (Å²) < 4.78 is 6.55. The van der Waals surface area contributed by atoms with E-state index in [0.717, 1.165) is 23.2 Å². The fraction of sp³-hybridized carbons (Fsp3) is 0.423. The van der Waals surface area contributed by atoms with Gasteiger partial charge < -0.3 is 20.2 Å². The van der Waals surface area contributed by atoms with E-state index in [2.05, 4.69) is 28.8 Å². The predicted molar refractivity (Wildman–Crippen MR) is 121 cm³/mol. The third-order valence-electron chi connectivity index (χ3n) is 8.41. The maximum absolute atomic E-state index is 12.5. The number of nitrogens with zero attached hydrogens (tertiary/aromatic N) is 2. The van der Waals surface area contributed by atoms with Gasteiger partial charge in [-0.25, -0.2) is 0 Å². The lowest BCUT2D eigenvalue weighted by atomic mass is 9.46. The van der Waals surface area contributed by atoms with Crippen molar-refractivity contribution in [1.82, 2.24) is 4.90 Å². The van der Waals surface area contributed by atoms with Crippen molar-refractivity contribution < 1.29 is 20.2 Å². The zero-order valence-corrected chi connectivity index (χ0v) is 17.9. The van der Waals surface area contributed by atoms with Crippen molar-refractivity contribution in [2.24, 2.45) is 11.1 Å². The Morgan fingerprint density at radius 1 is 1.22 bits per heavy atom. The topological polar surface area (TPSA) is 85.5 Å². The minimum absolute atomic E-state index is 0.114. The lowest BCUT2D eigenvalue weighted by Crippen LogP contribution is -2.77. The molecular formula is C26H28N2O4. The molecule has 1 saturated heterocycles. The van der Waals surface area contributed by atoms with Crippen LogP contribution in [0.4, 0.5) is 0 Å². The quantitative estimate of drug-likeness (QED) is 0.393. The Kier molecular flexibility index (Phi) is 4.23. The van der Waals surface area contributed by atoms with E-state index in [9.17, 15) is 15.4 Å². The molecule has 2 aromatic carbocycles. The third kappa shape index (κ3) is 2.34. The molecule has 6 nitrogen and oxygen atoms in total. The Morgan fingerprint density at radius 3 is 2.78 bits per heavy atom. The molecule has 1 saturated carbocycles. The van der Waals surface area contributed by atoms with E-state index < -0.39 is 17.1 Å². The first-order chi connectivity index (χ1) is 15.5. The summed E-state index contributed by atoms with van der Waals surface area (Å²) in [6.07, 6.45) is 3.77. The molecule has 2 aliphatic heterocycles. The molecule has 1 spiro atoms. The average Bonchev–Trinajstić information content (AvgIpc) is 3.15. The molecule has 3 N–H and O–H groups in total. The minimum Gasteiger partial charge on any atom is -0.504 e. The van der Waals surface area contributed by atoms with Gasteiger partial charge in [-0.05, 0) is 43.0 Å². The SMILES string of the molecule is C=CCN1CC[C@]23c4c5ccc(O)c4OC2C(Cc2ccccc2)C(=NO)C[C@@]3(O)[C@H]1C5. The molecule has 6 rings (SSSR count). The van der Waals surface area contributed by atoms with E-state index in [-0.39, 0.29) is 24.1 Å². The molecule has 0 radical (unpaired) electrons. The normalized spacial score (nSPS) is 35.9. The van der Waals surface area contributed by atoms with E-state index >= 15 is 0 Å². The highest BCUT2D eigenvalue weighted by molar-refractivity contribution is 5.91. The highest BCUT2D eigenvalue weighted by Crippen LogP contribution is 2.66. The molecule has 0 amide bonds. The number of aromatic hydroxyl groups is 1. The highest BCUT2D eigenvalue weighted by atomic mass is 16.5. The first kappa shape index (κ1) is 19.8. The summed E-state index contributed by atoms with van der Waals surface area (Å²) in [5, 5.41) is 36.9. The molecule has 166 valence electrons. The number of benzene rings is 2. The summed E-state index contributed by atoms with van der Waals surface area (Å²) in [7, 11) is 0. The van der Waals surface area contributed by atoms with E-state index in [1.807, 2.05) is 30.3 Å². The summed E-state index contributed by atoms with van der Waals surface area (Å²) in [6.45, 7) is 5.42. The van der Waals surface area contributed by atoms with Gasteiger partial charge in [0.05, 0.1) is 16.7 Å². The van der Waals surface area contributed by atoms with Crippen molar-refractivity contribution in [3.63, 3.8) is 0 Å². The number of phenolic OH excluding ortho intramolecular Hbond substituents is 1. The number of likely N-dealkylation sites (tertiary alicyclic amines) is 1. The Labute approximate surface area is 187 Å². The molecule has 2 aromatic rings. The van der Waals surface area contributed by atoms with Crippen LogP contribution in [0.1, 0.15) is 29.5 Å². The number of rotatable bonds is 4. The molecule has 4 aliphatic rings. The number of hydrogen-bond acceptors (Lipinski definition) is 6. The van der Waals surface area contributed by atoms with Gasteiger partial charge in [0.15, 0.2) is 11.5 Å². The summed E-state index contributed by atoms with van der Waals surface area (Å²) in [4.78, 5) is 2.29. The summed E-state index contributed by atoms with van der Waals surface area (Å²) in [5.41, 5.74) is 1.99. The second-order valence-corrected chi connectivity index (χ2v) is 9.70. The van der Waals surface area contributed by atoms with Crippen LogP contribution in [0, 0.1) is 5.92 Å². The Morgan fingerprint density at radius 2 is 2.03 bits per heavy atom. The third-order valence-corrected chi connectivity index (χ3v) is 8.41. The van der Waals surface area contributed by atoms with Crippen LogP contribution in [0.5, 0.6) is 11.5 Å². The fourth-order valence-electron chi connectivity index (χ4n) is 7.16. The molecule has 5 atom stereocenters. The minimum atomic E-state index is -1.15. The summed E-state index contributed by atoms with van der Waals surface area (Å²) in [5.74, 6) is 0.411. The van der Waals surface area contributed by atoms with Gasteiger partial charge in [-0.15, -0.1) is 6.58 Å². The van der Waals surface area contributed by atoms with Gasteiger partial charge in [-0.3, -0.25) is 4.90 Å². The zero-order valence-electron chi connectivity index (χ0n) is 17.9. The molecule has 2 aliphatic carbocycles. The summed E-state index contributed by atoms with van der Waals surface area (Å²) >= 11 is 0. The van der Waals surface area contributed by atoms with Crippen molar-refractivity contribution in [2.75, 3.05) is 13.1 Å². The van der Waals surface area contributed by atoms with Gasteiger partial charge in [0, 0.05) is 30.5 Å². The molecular weight excluding hydrogens is 404 g/mol. The second-order valence-electron chi connectivity index (χ2n) is 9.70. The van der Waals surface area contributed by atoms with Crippen LogP contribution in [-0.2, 0) is 18.3 Å². The Bertz CT molecular complexity index is 1120. The van der Waals surface area contributed by atoms with Gasteiger partial charge in [-0.2, -0.15) is 0 Å². The smallest absolute Gasteiger partial charge is 0.165 e. The molecule has 2 heterocycles. The van der Waals surface area contributed by atoms with E-state index in [1.54, 1.807) is 6.07 Å². The number of oxime groups is 1. The molecule has 2 fully saturated rings. The van der Waals surface area contributed by atoms with Gasteiger partial charge >= 0.3 is 0 Å². The van der Waals surface area contributed by atoms with Crippen LogP contribution < -0.4 is 4.74 Å². The van der Waals surface area contributed by atoms with Crippen LogP contribution in [0.3, 0.4) is 0 Å². The van der Waals surface area contributed by atoms with Gasteiger partial charge in [0.25, 0.3) is 0 Å². The first-order valence-electron chi connectivity index (χ1n) is 11.4. The maximum Gasteiger partial charge on any atom is 0.165 e. The average molecular weight is 433 g/mol. The number of hydrogen-bond donors (Lipinski definition) is 3. The monoisotopic (exact) mass is 432 g/mol. The van der Waals surface area contributed by atoms with Gasteiger partial charge in [-0.1, -0.05) is 47.6 Å². The van der Waals surface area contributed by atoms with Gasteiger partial charge in [0.2, 0.25) is 0 Å². The van der Waals surface area contributed by atoms with Crippen LogP contribution in [0.25, 0.3) is 0 Å². The van der Waals surface area contributed by atoms with Crippen molar-refractivity contribution in [1.29, 1.82) is 0 Å². The van der Waals surface area contributed by atoms with Gasteiger partial charge in [0.1, 0.15) is 6.10 Å². The number of piperidine rings is 1. The maximum atomic E-state index is 12.5. The lowest BCUT2D eigenvalue weighted by molar-refractivity contribution is -0.172. The van der Waals surface area contributed by atoms with Crippen molar-refractivity contribution >= 4 is 5.71 Å². The highest BCUT2D eigenvalue weighted by Gasteiger charge is 2.74.